The van der Waals surface area contributed by atoms with Gasteiger partial charge in [0.1, 0.15) is 11.6 Å². The highest BCUT2D eigenvalue weighted by atomic mass is 32.2. The van der Waals surface area contributed by atoms with Crippen LogP contribution in [-0.4, -0.2) is 54.6 Å². The van der Waals surface area contributed by atoms with Crippen LogP contribution in [0.2, 0.25) is 0 Å². The van der Waals surface area contributed by atoms with Crippen molar-refractivity contribution in [3.8, 4) is 0 Å². The minimum atomic E-state index is -3.12. The third-order valence-electron chi connectivity index (χ3n) is 4.17. The van der Waals surface area contributed by atoms with E-state index in [1.54, 1.807) is 4.31 Å². The molecule has 1 aromatic rings. The summed E-state index contributed by atoms with van der Waals surface area (Å²) in [6.07, 6.45) is 3.87. The fraction of sp³-hybridized carbons (Fsp3) is 0.733. The summed E-state index contributed by atoms with van der Waals surface area (Å²) >= 11 is 0. The highest BCUT2D eigenvalue weighted by Gasteiger charge is 2.29. The van der Waals surface area contributed by atoms with Crippen LogP contribution in [0, 0.1) is 6.92 Å². The maximum Gasteiger partial charge on any atom is 0.211 e. The Morgan fingerprint density at radius 3 is 2.41 bits per heavy atom. The van der Waals surface area contributed by atoms with Gasteiger partial charge in [-0.2, -0.15) is 4.31 Å². The molecule has 0 N–H and O–H groups in total. The molecule has 22 heavy (non-hydrogen) atoms. The average Bonchev–Trinajstić information content (AvgIpc) is 2.46. The fourth-order valence-corrected chi connectivity index (χ4v) is 4.32. The van der Waals surface area contributed by atoms with E-state index in [1.165, 1.54) is 6.26 Å². The molecule has 0 atom stereocenters. The van der Waals surface area contributed by atoms with Crippen molar-refractivity contribution in [2.45, 2.75) is 46.1 Å². The SMILES string of the molecule is CCc1cc(N2CCC(N(CC)S(C)(=O)=O)CC2)nc(C)n1. The van der Waals surface area contributed by atoms with Crippen LogP contribution in [0.1, 0.15) is 38.2 Å². The second-order valence-corrected chi connectivity index (χ2v) is 7.74. The lowest BCUT2D eigenvalue weighted by Crippen LogP contribution is -2.47. The topological polar surface area (TPSA) is 66.4 Å². The number of anilines is 1. The summed E-state index contributed by atoms with van der Waals surface area (Å²) in [5.41, 5.74) is 1.05. The molecule has 0 unspecified atom stereocenters. The number of nitrogens with zero attached hydrogens (tertiary/aromatic N) is 4. The van der Waals surface area contributed by atoms with Gasteiger partial charge in [-0.1, -0.05) is 13.8 Å². The molecule has 0 aliphatic carbocycles. The number of piperidine rings is 1. The van der Waals surface area contributed by atoms with E-state index in [0.717, 1.165) is 49.7 Å². The summed E-state index contributed by atoms with van der Waals surface area (Å²) in [7, 11) is -3.12. The molecule has 1 fully saturated rings. The maximum atomic E-state index is 11.8. The Balaban J connectivity index is 2.07. The van der Waals surface area contributed by atoms with E-state index < -0.39 is 10.0 Å². The van der Waals surface area contributed by atoms with Crippen LogP contribution in [0.15, 0.2) is 6.07 Å². The summed E-state index contributed by atoms with van der Waals surface area (Å²) < 4.78 is 25.3. The molecule has 2 rings (SSSR count). The van der Waals surface area contributed by atoms with Gasteiger partial charge in [0.2, 0.25) is 10.0 Å². The predicted octanol–water partition coefficient (Wildman–Crippen LogP) is 1.60. The van der Waals surface area contributed by atoms with E-state index in [-0.39, 0.29) is 6.04 Å². The van der Waals surface area contributed by atoms with Crippen LogP contribution in [0.5, 0.6) is 0 Å². The zero-order valence-corrected chi connectivity index (χ0v) is 14.7. The quantitative estimate of drug-likeness (QED) is 0.822. The minimum absolute atomic E-state index is 0.102. The first kappa shape index (κ1) is 17.1. The van der Waals surface area contributed by atoms with Crippen LogP contribution in [0.25, 0.3) is 0 Å². The zero-order valence-electron chi connectivity index (χ0n) is 13.9. The van der Waals surface area contributed by atoms with Gasteiger partial charge in [0.05, 0.1) is 6.26 Å². The molecular formula is C15H26N4O2S. The van der Waals surface area contributed by atoms with Crippen LogP contribution >= 0.6 is 0 Å². The Bertz CT molecular complexity index is 610. The first-order valence-corrected chi connectivity index (χ1v) is 9.76. The number of rotatable bonds is 5. The zero-order chi connectivity index (χ0) is 16.3. The summed E-state index contributed by atoms with van der Waals surface area (Å²) in [5.74, 6) is 1.76. The summed E-state index contributed by atoms with van der Waals surface area (Å²) in [4.78, 5) is 11.2. The number of sulfonamides is 1. The smallest absolute Gasteiger partial charge is 0.211 e. The van der Waals surface area contributed by atoms with E-state index in [4.69, 9.17) is 0 Å². The predicted molar refractivity (Wildman–Crippen MR) is 88.6 cm³/mol. The van der Waals surface area contributed by atoms with Crippen molar-refractivity contribution < 1.29 is 8.42 Å². The maximum absolute atomic E-state index is 11.8. The molecule has 0 amide bonds. The second kappa shape index (κ2) is 6.91. The van der Waals surface area contributed by atoms with Gasteiger partial charge >= 0.3 is 0 Å². The largest absolute Gasteiger partial charge is 0.356 e. The molecule has 0 saturated carbocycles. The van der Waals surface area contributed by atoms with Gasteiger partial charge in [0.25, 0.3) is 0 Å². The Kier molecular flexibility index (Phi) is 5.39. The molecule has 1 aliphatic rings. The van der Waals surface area contributed by atoms with Gasteiger partial charge < -0.3 is 4.90 Å². The lowest BCUT2D eigenvalue weighted by Gasteiger charge is -2.37. The molecule has 6 nitrogen and oxygen atoms in total. The first-order valence-electron chi connectivity index (χ1n) is 7.91. The Hall–Kier alpha value is -1.21. The van der Waals surface area contributed by atoms with Gasteiger partial charge in [-0.15, -0.1) is 0 Å². The first-order chi connectivity index (χ1) is 10.3. The second-order valence-electron chi connectivity index (χ2n) is 5.80. The molecular weight excluding hydrogens is 300 g/mol. The van der Waals surface area contributed by atoms with E-state index in [9.17, 15) is 8.42 Å². The lowest BCUT2D eigenvalue weighted by atomic mass is 10.0. The summed E-state index contributed by atoms with van der Waals surface area (Å²) in [5, 5.41) is 0. The Morgan fingerprint density at radius 1 is 1.27 bits per heavy atom. The van der Waals surface area contributed by atoms with Crippen LogP contribution in [-0.2, 0) is 16.4 Å². The Labute approximate surface area is 133 Å². The number of hydrogen-bond donors (Lipinski definition) is 0. The lowest BCUT2D eigenvalue weighted by molar-refractivity contribution is 0.285. The molecule has 124 valence electrons. The average molecular weight is 326 g/mol. The highest BCUT2D eigenvalue weighted by Crippen LogP contribution is 2.23. The van der Waals surface area contributed by atoms with Crippen molar-refractivity contribution in [2.24, 2.45) is 0 Å². The molecule has 7 heteroatoms. The van der Waals surface area contributed by atoms with Crippen LogP contribution in [0.4, 0.5) is 5.82 Å². The molecule has 0 radical (unpaired) electrons. The van der Waals surface area contributed by atoms with Crippen molar-refractivity contribution in [1.82, 2.24) is 14.3 Å². The molecule has 0 spiro atoms. The number of hydrogen-bond acceptors (Lipinski definition) is 5. The standard InChI is InChI=1S/C15H26N4O2S/c1-5-13-11-15(17-12(3)16-13)18-9-7-14(8-10-18)19(6-2)22(4,20)21/h11,14H,5-10H2,1-4H3. The van der Waals surface area contributed by atoms with E-state index in [1.807, 2.05) is 19.9 Å². The minimum Gasteiger partial charge on any atom is -0.356 e. The van der Waals surface area contributed by atoms with Crippen molar-refractivity contribution in [3.63, 3.8) is 0 Å². The van der Waals surface area contributed by atoms with E-state index >= 15 is 0 Å². The van der Waals surface area contributed by atoms with Crippen molar-refractivity contribution in [2.75, 3.05) is 30.8 Å². The molecule has 1 aliphatic heterocycles. The number of aryl methyl sites for hydroxylation is 2. The molecule has 0 bridgehead atoms. The third kappa shape index (κ3) is 3.95. The summed E-state index contributed by atoms with van der Waals surface area (Å²) in [6, 6.07) is 2.14. The van der Waals surface area contributed by atoms with E-state index in [0.29, 0.717) is 6.54 Å². The molecule has 0 aromatic carbocycles. The van der Waals surface area contributed by atoms with Crippen molar-refractivity contribution >= 4 is 15.8 Å². The van der Waals surface area contributed by atoms with Crippen LogP contribution in [0.3, 0.4) is 0 Å². The van der Waals surface area contributed by atoms with Gasteiger partial charge in [-0.05, 0) is 26.2 Å². The third-order valence-corrected chi connectivity index (χ3v) is 5.58. The summed E-state index contributed by atoms with van der Waals surface area (Å²) in [6.45, 7) is 8.10. The van der Waals surface area contributed by atoms with Crippen molar-refractivity contribution in [3.05, 3.63) is 17.6 Å². The van der Waals surface area contributed by atoms with E-state index in [2.05, 4.69) is 21.8 Å². The fourth-order valence-electron chi connectivity index (χ4n) is 3.10. The van der Waals surface area contributed by atoms with Gasteiger partial charge in [-0.25, -0.2) is 18.4 Å². The normalized spacial score (nSPS) is 17.2. The molecule has 1 saturated heterocycles. The van der Waals surface area contributed by atoms with Gasteiger partial charge in [0.15, 0.2) is 0 Å². The Morgan fingerprint density at radius 2 is 1.91 bits per heavy atom. The monoisotopic (exact) mass is 326 g/mol. The molecule has 1 aromatic heterocycles. The van der Waals surface area contributed by atoms with Gasteiger partial charge in [0, 0.05) is 37.4 Å². The van der Waals surface area contributed by atoms with Gasteiger partial charge in [-0.3, -0.25) is 0 Å². The number of aromatic nitrogens is 2. The van der Waals surface area contributed by atoms with Crippen molar-refractivity contribution in [1.29, 1.82) is 0 Å². The highest BCUT2D eigenvalue weighted by molar-refractivity contribution is 7.88. The molecule has 2 heterocycles. The van der Waals surface area contributed by atoms with Crippen LogP contribution < -0.4 is 4.90 Å².